The molecule has 0 bridgehead atoms. The second-order valence-electron chi connectivity index (χ2n) is 8.95. The summed E-state index contributed by atoms with van der Waals surface area (Å²) in [6.07, 6.45) is 8.26. The summed E-state index contributed by atoms with van der Waals surface area (Å²) < 4.78 is 31.2. The standard InChI is InChI=1S/C24H20ClF2N9O/c25-15-4-6-17(35-11-31-33-34-35)20(22(15)27)12-1-2-13-3-5-18(36(13)19(37)9-12)24-30-10-16(32-24)14-7-8-29-23(28)21(14)26/h4,6-11,13,18H,1-3,5H2,(H2,28,29)(H,30,32)/t13-,18+/m1/s1. The number of pyridine rings is 1. The Bertz CT molecular complexity index is 1540. The highest BCUT2D eigenvalue weighted by Gasteiger charge is 2.40. The van der Waals surface area contributed by atoms with Gasteiger partial charge in [0, 0.05) is 29.4 Å². The van der Waals surface area contributed by atoms with Crippen molar-refractivity contribution >= 4 is 28.9 Å². The van der Waals surface area contributed by atoms with Gasteiger partial charge in [-0.25, -0.2) is 18.7 Å². The van der Waals surface area contributed by atoms with Gasteiger partial charge in [-0.15, -0.1) is 5.10 Å². The fraction of sp³-hybridized carbons (Fsp3) is 0.250. The number of imidazole rings is 1. The molecule has 0 saturated carbocycles. The summed E-state index contributed by atoms with van der Waals surface area (Å²) in [5, 5.41) is 11.1. The van der Waals surface area contributed by atoms with Crippen molar-refractivity contribution in [2.75, 3.05) is 5.73 Å². The summed E-state index contributed by atoms with van der Waals surface area (Å²) >= 11 is 6.11. The molecular weight excluding hydrogens is 504 g/mol. The molecule has 1 fully saturated rings. The molecule has 188 valence electrons. The van der Waals surface area contributed by atoms with Crippen LogP contribution >= 0.6 is 11.6 Å². The number of amides is 1. The van der Waals surface area contributed by atoms with Crippen molar-refractivity contribution in [2.24, 2.45) is 0 Å². The van der Waals surface area contributed by atoms with Crippen LogP contribution in [0.5, 0.6) is 0 Å². The maximum absolute atomic E-state index is 15.3. The molecule has 1 aromatic carbocycles. The van der Waals surface area contributed by atoms with Gasteiger partial charge in [0.25, 0.3) is 0 Å². The summed E-state index contributed by atoms with van der Waals surface area (Å²) in [6.45, 7) is 0. The summed E-state index contributed by atoms with van der Waals surface area (Å²) in [7, 11) is 0. The number of benzene rings is 1. The minimum absolute atomic E-state index is 0.0603. The lowest BCUT2D eigenvalue weighted by Gasteiger charge is -2.27. The first kappa shape index (κ1) is 23.2. The van der Waals surface area contributed by atoms with Gasteiger partial charge < -0.3 is 15.6 Å². The lowest BCUT2D eigenvalue weighted by molar-refractivity contribution is -0.128. The van der Waals surface area contributed by atoms with Crippen LogP contribution in [0.1, 0.15) is 43.1 Å². The number of anilines is 1. The molecule has 0 aliphatic carbocycles. The highest BCUT2D eigenvalue weighted by Crippen LogP contribution is 2.42. The first-order chi connectivity index (χ1) is 17.9. The second-order valence-corrected chi connectivity index (χ2v) is 9.36. The molecule has 3 N–H and O–H groups in total. The van der Waals surface area contributed by atoms with Crippen molar-refractivity contribution in [2.45, 2.75) is 37.8 Å². The Morgan fingerprint density at radius 3 is 2.78 bits per heavy atom. The molecule has 2 aliphatic heterocycles. The van der Waals surface area contributed by atoms with Crippen molar-refractivity contribution in [1.29, 1.82) is 0 Å². The van der Waals surface area contributed by atoms with Crippen LogP contribution in [0.25, 0.3) is 22.5 Å². The number of nitrogens with zero attached hydrogens (tertiary/aromatic N) is 7. The van der Waals surface area contributed by atoms with E-state index in [1.807, 2.05) is 0 Å². The van der Waals surface area contributed by atoms with E-state index in [9.17, 15) is 9.18 Å². The number of H-pyrrole nitrogens is 1. The fourth-order valence-corrected chi connectivity index (χ4v) is 5.36. The Balaban J connectivity index is 1.35. The Hall–Kier alpha value is -4.19. The van der Waals surface area contributed by atoms with E-state index in [4.69, 9.17) is 17.3 Å². The van der Waals surface area contributed by atoms with Crippen LogP contribution < -0.4 is 5.73 Å². The highest BCUT2D eigenvalue weighted by atomic mass is 35.5. The lowest BCUT2D eigenvalue weighted by Crippen LogP contribution is -2.35. The van der Waals surface area contributed by atoms with Crippen molar-refractivity contribution in [3.63, 3.8) is 0 Å². The number of rotatable bonds is 4. The van der Waals surface area contributed by atoms with Gasteiger partial charge in [-0.05, 0) is 59.9 Å². The molecule has 13 heteroatoms. The lowest BCUT2D eigenvalue weighted by atomic mass is 9.96. The van der Waals surface area contributed by atoms with Crippen LogP contribution in [0.4, 0.5) is 14.6 Å². The normalized spacial score (nSPS) is 19.6. The van der Waals surface area contributed by atoms with Gasteiger partial charge in [0.1, 0.15) is 12.2 Å². The number of nitrogen functional groups attached to an aromatic ring is 1. The zero-order valence-corrected chi connectivity index (χ0v) is 20.0. The molecule has 1 saturated heterocycles. The van der Waals surface area contributed by atoms with Crippen LogP contribution in [0.3, 0.4) is 0 Å². The summed E-state index contributed by atoms with van der Waals surface area (Å²) in [6, 6.07) is 4.15. The SMILES string of the molecule is Nc1nccc(-c2cnc([C@@H]3CC[C@H]4CCC(c5c(-n6cnnn6)ccc(Cl)c5F)=CC(=O)N43)[nH]2)c1F. The molecule has 10 nitrogen and oxygen atoms in total. The number of aromatic nitrogens is 7. The van der Waals surface area contributed by atoms with Crippen molar-refractivity contribution < 1.29 is 13.6 Å². The largest absolute Gasteiger partial charge is 0.381 e. The number of fused-ring (bicyclic) bond motifs is 1. The smallest absolute Gasteiger partial charge is 0.247 e. The van der Waals surface area contributed by atoms with E-state index in [1.54, 1.807) is 11.0 Å². The topological polar surface area (TPSA) is 132 Å². The second kappa shape index (κ2) is 9.04. The van der Waals surface area contributed by atoms with Gasteiger partial charge in [0.15, 0.2) is 17.5 Å². The molecule has 0 spiro atoms. The average Bonchev–Trinajstić information content (AvgIpc) is 3.64. The van der Waals surface area contributed by atoms with E-state index in [2.05, 4.69) is 30.5 Å². The molecule has 37 heavy (non-hydrogen) atoms. The summed E-state index contributed by atoms with van der Waals surface area (Å²) in [5.41, 5.74) is 7.38. The Morgan fingerprint density at radius 2 is 1.97 bits per heavy atom. The molecule has 2 atom stereocenters. The van der Waals surface area contributed by atoms with E-state index < -0.39 is 11.6 Å². The summed E-state index contributed by atoms with van der Waals surface area (Å²) in [5.74, 6) is -1.20. The number of hydrogen-bond donors (Lipinski definition) is 2. The number of carbonyl (C=O) groups is 1. The number of carbonyl (C=O) groups excluding carboxylic acids is 1. The summed E-state index contributed by atoms with van der Waals surface area (Å²) in [4.78, 5) is 26.7. The van der Waals surface area contributed by atoms with Crippen molar-refractivity contribution in [3.05, 3.63) is 71.0 Å². The van der Waals surface area contributed by atoms with Crippen LogP contribution in [-0.4, -0.2) is 52.0 Å². The maximum atomic E-state index is 15.3. The number of nitrogens with one attached hydrogen (secondary N) is 1. The van der Waals surface area contributed by atoms with Crippen LogP contribution in [0.2, 0.25) is 5.02 Å². The van der Waals surface area contributed by atoms with E-state index in [-0.39, 0.29) is 40.0 Å². The first-order valence-corrected chi connectivity index (χ1v) is 12.0. The minimum atomic E-state index is -0.637. The van der Waals surface area contributed by atoms with E-state index in [0.717, 1.165) is 6.42 Å². The number of allylic oxidation sites excluding steroid dienone is 1. The molecule has 6 rings (SSSR count). The molecule has 3 aromatic heterocycles. The number of hydrogen-bond acceptors (Lipinski definition) is 7. The number of nitrogens with two attached hydrogens (primary N) is 1. The predicted octanol–water partition coefficient (Wildman–Crippen LogP) is 3.87. The third-order valence-electron chi connectivity index (χ3n) is 6.91. The van der Waals surface area contributed by atoms with E-state index in [0.29, 0.717) is 42.0 Å². The molecule has 5 heterocycles. The van der Waals surface area contributed by atoms with E-state index in [1.165, 1.54) is 41.6 Å². The zero-order valence-electron chi connectivity index (χ0n) is 19.3. The Labute approximate surface area is 214 Å². The van der Waals surface area contributed by atoms with Gasteiger partial charge >= 0.3 is 0 Å². The molecule has 4 aromatic rings. The average molecular weight is 524 g/mol. The van der Waals surface area contributed by atoms with Gasteiger partial charge in [0.05, 0.1) is 28.6 Å². The molecule has 2 aliphatic rings. The fourth-order valence-electron chi connectivity index (χ4n) is 5.20. The molecule has 1 amide bonds. The first-order valence-electron chi connectivity index (χ1n) is 11.6. The van der Waals surface area contributed by atoms with E-state index >= 15 is 4.39 Å². The number of tetrazole rings is 1. The third-order valence-corrected chi connectivity index (χ3v) is 7.20. The molecular formula is C24H20ClF2N9O. The van der Waals surface area contributed by atoms with Crippen molar-refractivity contribution in [1.82, 2.24) is 40.1 Å². The number of halogens is 3. The van der Waals surface area contributed by atoms with Gasteiger partial charge in [-0.1, -0.05) is 11.6 Å². The maximum Gasteiger partial charge on any atom is 0.247 e. The van der Waals surface area contributed by atoms with Gasteiger partial charge in [0.2, 0.25) is 5.91 Å². The zero-order chi connectivity index (χ0) is 25.7. The number of aromatic amines is 1. The van der Waals surface area contributed by atoms with Gasteiger partial charge in [-0.2, -0.15) is 4.68 Å². The Kier molecular flexibility index (Phi) is 5.67. The Morgan fingerprint density at radius 1 is 1.11 bits per heavy atom. The molecule has 0 unspecified atom stereocenters. The predicted molar refractivity (Wildman–Crippen MR) is 130 cm³/mol. The third kappa shape index (κ3) is 3.93. The van der Waals surface area contributed by atoms with Gasteiger partial charge in [-0.3, -0.25) is 4.79 Å². The highest BCUT2D eigenvalue weighted by molar-refractivity contribution is 6.31. The van der Waals surface area contributed by atoms with Crippen LogP contribution in [0.15, 0.2) is 43.0 Å². The monoisotopic (exact) mass is 523 g/mol. The van der Waals surface area contributed by atoms with Crippen molar-refractivity contribution in [3.8, 4) is 16.9 Å². The van der Waals surface area contributed by atoms with Crippen LogP contribution in [0, 0.1) is 11.6 Å². The van der Waals surface area contributed by atoms with Crippen LogP contribution in [-0.2, 0) is 4.79 Å². The molecule has 0 radical (unpaired) electrons. The quantitative estimate of drug-likeness (QED) is 0.415. The minimum Gasteiger partial charge on any atom is -0.381 e.